The normalized spacial score (nSPS) is 13.3. The van der Waals surface area contributed by atoms with Crippen molar-refractivity contribution in [3.63, 3.8) is 0 Å². The average Bonchev–Trinajstić information content (AvgIpc) is 2.24. The number of nitrogens with two attached hydrogens (primary N) is 1. The number of amides is 1. The van der Waals surface area contributed by atoms with Crippen molar-refractivity contribution in [2.24, 2.45) is 5.73 Å². The molecule has 0 saturated heterocycles. The highest BCUT2D eigenvalue weighted by molar-refractivity contribution is 6.69. The van der Waals surface area contributed by atoms with E-state index in [0.717, 1.165) is 19.4 Å². The lowest BCUT2D eigenvalue weighted by atomic mass is 10.00. The second kappa shape index (κ2) is 9.41. The van der Waals surface area contributed by atoms with Gasteiger partial charge in [-0.1, -0.05) is 0 Å². The van der Waals surface area contributed by atoms with Crippen molar-refractivity contribution in [2.45, 2.75) is 44.9 Å². The highest BCUT2D eigenvalue weighted by atomic mass is 28.4. The van der Waals surface area contributed by atoms with Crippen LogP contribution < -0.4 is 5.73 Å². The van der Waals surface area contributed by atoms with E-state index in [1.165, 1.54) is 0 Å². The lowest BCUT2D eigenvalue weighted by molar-refractivity contribution is 0.0305. The SMILES string of the molecule is BC[C@@H](COCCCCO[Si](C)(C)C)OC(N)=O. The summed E-state index contributed by atoms with van der Waals surface area (Å²) in [5, 5.41) is 0. The monoisotopic (exact) mass is 275 g/mol. The van der Waals surface area contributed by atoms with Crippen molar-refractivity contribution in [1.82, 2.24) is 0 Å². The zero-order valence-electron chi connectivity index (χ0n) is 12.0. The highest BCUT2D eigenvalue weighted by Crippen LogP contribution is 2.04. The first-order valence-electron chi connectivity index (χ1n) is 6.53. The Labute approximate surface area is 112 Å². The summed E-state index contributed by atoms with van der Waals surface area (Å²) in [7, 11) is 0.549. The van der Waals surface area contributed by atoms with Gasteiger partial charge >= 0.3 is 6.09 Å². The van der Waals surface area contributed by atoms with Crippen molar-refractivity contribution in [3.8, 4) is 0 Å². The molecule has 0 aliphatic rings. The molecule has 1 atom stereocenters. The third-order valence-corrected chi connectivity index (χ3v) is 3.33. The van der Waals surface area contributed by atoms with Gasteiger partial charge in [0, 0.05) is 13.2 Å². The molecule has 5 nitrogen and oxygen atoms in total. The third-order valence-electron chi connectivity index (χ3n) is 2.26. The molecule has 0 aromatic heterocycles. The Morgan fingerprint density at radius 1 is 1.28 bits per heavy atom. The highest BCUT2D eigenvalue weighted by Gasteiger charge is 2.13. The van der Waals surface area contributed by atoms with Crippen LogP contribution in [0.4, 0.5) is 4.79 Å². The predicted octanol–water partition coefficient (Wildman–Crippen LogP) is 1.15. The minimum Gasteiger partial charge on any atom is -0.445 e. The van der Waals surface area contributed by atoms with Crippen LogP contribution in [-0.2, 0) is 13.9 Å². The van der Waals surface area contributed by atoms with Crippen LogP contribution in [0.2, 0.25) is 26.0 Å². The van der Waals surface area contributed by atoms with Gasteiger partial charge in [0.25, 0.3) is 0 Å². The zero-order chi connectivity index (χ0) is 14.0. The molecule has 1 amide bonds. The van der Waals surface area contributed by atoms with E-state index in [2.05, 4.69) is 19.6 Å². The molecule has 7 heteroatoms. The molecule has 0 bridgehead atoms. The molecule has 0 rings (SSSR count). The lowest BCUT2D eigenvalue weighted by Gasteiger charge is -2.17. The number of hydrogen-bond acceptors (Lipinski definition) is 4. The second-order valence-corrected chi connectivity index (χ2v) is 9.72. The molecule has 0 aromatic carbocycles. The van der Waals surface area contributed by atoms with Gasteiger partial charge in [0.2, 0.25) is 0 Å². The summed E-state index contributed by atoms with van der Waals surface area (Å²) < 4.78 is 16.0. The van der Waals surface area contributed by atoms with Gasteiger partial charge in [0.15, 0.2) is 8.32 Å². The van der Waals surface area contributed by atoms with E-state index in [1.807, 2.05) is 7.85 Å². The second-order valence-electron chi connectivity index (χ2n) is 5.21. The molecule has 18 heavy (non-hydrogen) atoms. The Morgan fingerprint density at radius 3 is 2.39 bits per heavy atom. The summed E-state index contributed by atoms with van der Waals surface area (Å²) >= 11 is 0. The Kier molecular flexibility index (Phi) is 9.13. The third kappa shape index (κ3) is 11.9. The number of primary amides is 1. The van der Waals surface area contributed by atoms with Gasteiger partial charge in [-0.15, -0.1) is 0 Å². The molecule has 0 fully saturated rings. The van der Waals surface area contributed by atoms with Gasteiger partial charge in [-0.25, -0.2) is 4.79 Å². The van der Waals surface area contributed by atoms with Crippen LogP contribution in [0.5, 0.6) is 0 Å². The Hall–Kier alpha value is -0.528. The van der Waals surface area contributed by atoms with Crippen LogP contribution in [-0.4, -0.2) is 48.2 Å². The molecule has 0 radical (unpaired) electrons. The summed E-state index contributed by atoms with van der Waals surface area (Å²) in [5.41, 5.74) is 4.95. The first-order chi connectivity index (χ1) is 8.35. The summed E-state index contributed by atoms with van der Waals surface area (Å²) in [6.45, 7) is 8.40. The van der Waals surface area contributed by atoms with Crippen LogP contribution in [0.3, 0.4) is 0 Å². The van der Waals surface area contributed by atoms with Gasteiger partial charge in [-0.2, -0.15) is 0 Å². The first kappa shape index (κ1) is 17.5. The average molecular weight is 275 g/mol. The van der Waals surface area contributed by atoms with Crippen molar-refractivity contribution < 1.29 is 18.7 Å². The largest absolute Gasteiger partial charge is 0.445 e. The number of ether oxygens (including phenoxy) is 2. The number of rotatable bonds is 10. The number of carbonyl (C=O) groups excluding carboxylic acids is 1. The summed E-state index contributed by atoms with van der Waals surface area (Å²) in [6, 6.07) is 0. The van der Waals surface area contributed by atoms with E-state index in [1.54, 1.807) is 0 Å². The predicted molar refractivity (Wildman–Crippen MR) is 77.2 cm³/mol. The molecule has 0 heterocycles. The van der Waals surface area contributed by atoms with Gasteiger partial charge in [-0.05, 0) is 38.8 Å². The summed E-state index contributed by atoms with van der Waals surface area (Å²) in [6.07, 6.45) is 1.69. The Bertz CT molecular complexity index is 236. The van der Waals surface area contributed by atoms with E-state index in [0.29, 0.717) is 19.5 Å². The minimum absolute atomic E-state index is 0.235. The van der Waals surface area contributed by atoms with E-state index < -0.39 is 14.4 Å². The van der Waals surface area contributed by atoms with Crippen LogP contribution in [0.1, 0.15) is 12.8 Å². The van der Waals surface area contributed by atoms with Gasteiger partial charge in [-0.3, -0.25) is 0 Å². The summed E-state index contributed by atoms with van der Waals surface area (Å²) in [4.78, 5) is 10.6. The number of carbonyl (C=O) groups is 1. The van der Waals surface area contributed by atoms with Crippen molar-refractivity contribution in [2.75, 3.05) is 19.8 Å². The van der Waals surface area contributed by atoms with Crippen LogP contribution in [0.25, 0.3) is 0 Å². The quantitative estimate of drug-likeness (QED) is 0.479. The molecule has 0 aromatic rings. The zero-order valence-corrected chi connectivity index (χ0v) is 13.0. The maximum atomic E-state index is 10.6. The molecule has 0 aliphatic heterocycles. The van der Waals surface area contributed by atoms with Gasteiger partial charge in [0.1, 0.15) is 14.0 Å². The fourth-order valence-corrected chi connectivity index (χ4v) is 2.06. The molecule has 0 aliphatic carbocycles. The lowest BCUT2D eigenvalue weighted by Crippen LogP contribution is -2.27. The Morgan fingerprint density at radius 2 is 1.89 bits per heavy atom. The van der Waals surface area contributed by atoms with Crippen LogP contribution >= 0.6 is 0 Å². The molecule has 0 unspecified atom stereocenters. The number of hydrogen-bond donors (Lipinski definition) is 1. The maximum absolute atomic E-state index is 10.6. The van der Waals surface area contributed by atoms with Crippen LogP contribution in [0, 0.1) is 0 Å². The maximum Gasteiger partial charge on any atom is 0.404 e. The van der Waals surface area contributed by atoms with E-state index in [-0.39, 0.29) is 6.10 Å². The molecular formula is C11H26BNO4Si. The van der Waals surface area contributed by atoms with Crippen molar-refractivity contribution in [3.05, 3.63) is 0 Å². The molecule has 0 spiro atoms. The fourth-order valence-electron chi connectivity index (χ4n) is 1.30. The molecule has 0 saturated carbocycles. The first-order valence-corrected chi connectivity index (χ1v) is 9.93. The summed E-state index contributed by atoms with van der Waals surface area (Å²) in [5.74, 6) is 0. The van der Waals surface area contributed by atoms with E-state index in [9.17, 15) is 4.79 Å². The fraction of sp³-hybridized carbons (Fsp3) is 0.909. The minimum atomic E-state index is -1.38. The molecular weight excluding hydrogens is 249 g/mol. The van der Waals surface area contributed by atoms with Crippen LogP contribution in [0.15, 0.2) is 0 Å². The smallest absolute Gasteiger partial charge is 0.404 e. The van der Waals surface area contributed by atoms with Gasteiger partial charge < -0.3 is 19.6 Å². The topological polar surface area (TPSA) is 70.8 Å². The van der Waals surface area contributed by atoms with Crippen molar-refractivity contribution in [1.29, 1.82) is 0 Å². The van der Waals surface area contributed by atoms with Crippen molar-refractivity contribution >= 4 is 22.3 Å². The van der Waals surface area contributed by atoms with Gasteiger partial charge in [0.05, 0.1) is 6.61 Å². The van der Waals surface area contributed by atoms with E-state index >= 15 is 0 Å². The standard InChI is InChI=1S/C11H26BNO4Si/c1-18(2,3)16-7-5-4-6-15-9-10(8-12)17-11(13)14/h10H,4-9,12H2,1-3H3,(H2,13,14)/t10-/m0/s1. The molecule has 106 valence electrons. The Balaban J connectivity index is 3.41. The molecule has 2 N–H and O–H groups in total. The number of unbranched alkanes of at least 4 members (excludes halogenated alkanes) is 1. The van der Waals surface area contributed by atoms with E-state index in [4.69, 9.17) is 19.6 Å².